The Morgan fingerprint density at radius 3 is 2.52 bits per heavy atom. The number of hydrogen-bond acceptors (Lipinski definition) is 3. The van der Waals surface area contributed by atoms with E-state index in [4.69, 9.17) is 21.4 Å². The molecule has 0 bridgehead atoms. The molecule has 21 heavy (non-hydrogen) atoms. The van der Waals surface area contributed by atoms with E-state index in [1.54, 1.807) is 12.1 Å². The lowest BCUT2D eigenvalue weighted by Gasteiger charge is -2.23. The van der Waals surface area contributed by atoms with Gasteiger partial charge in [-0.1, -0.05) is 25.4 Å². The molecule has 0 heterocycles. The number of aliphatic carboxylic acids is 1. The van der Waals surface area contributed by atoms with Crippen molar-refractivity contribution in [2.24, 2.45) is 5.41 Å². The molecule has 1 aromatic rings. The second-order valence-corrected chi connectivity index (χ2v) is 6.30. The number of nitrogens with one attached hydrogen (secondary N) is 1. The van der Waals surface area contributed by atoms with Gasteiger partial charge in [-0.25, -0.2) is 0 Å². The molecular weight excluding hydrogens is 290 g/mol. The van der Waals surface area contributed by atoms with E-state index in [0.717, 1.165) is 25.3 Å². The molecule has 0 amide bonds. The number of carboxylic acid groups (broad SMARTS) is 1. The Balaban J connectivity index is 2.08. The third-order valence-corrected chi connectivity index (χ3v) is 3.61. The molecule has 0 aliphatic heterocycles. The van der Waals surface area contributed by atoms with Crippen LogP contribution in [0.15, 0.2) is 24.3 Å². The molecule has 0 aromatic heterocycles. The first-order chi connectivity index (χ1) is 9.89. The molecule has 0 fully saturated rings. The predicted molar refractivity (Wildman–Crippen MR) is 85.1 cm³/mol. The van der Waals surface area contributed by atoms with Gasteiger partial charge in [0.2, 0.25) is 0 Å². The molecule has 0 saturated heterocycles. The SMILES string of the molecule is CC(C)(CCNCCOc1ccc(Cl)cc1)CCC(=O)O. The Hall–Kier alpha value is -1.26. The quantitative estimate of drug-likeness (QED) is 0.648. The van der Waals surface area contributed by atoms with Crippen LogP contribution in [0.1, 0.15) is 33.1 Å². The van der Waals surface area contributed by atoms with Crippen molar-refractivity contribution in [1.82, 2.24) is 5.32 Å². The van der Waals surface area contributed by atoms with Crippen molar-refractivity contribution in [3.8, 4) is 5.75 Å². The van der Waals surface area contributed by atoms with Crippen LogP contribution in [0.4, 0.5) is 0 Å². The van der Waals surface area contributed by atoms with Gasteiger partial charge in [0.1, 0.15) is 12.4 Å². The number of carboxylic acids is 1. The molecule has 5 heteroatoms. The van der Waals surface area contributed by atoms with Gasteiger partial charge in [0.05, 0.1) is 0 Å². The minimum atomic E-state index is -0.729. The van der Waals surface area contributed by atoms with Crippen LogP contribution in [0, 0.1) is 5.41 Å². The highest BCUT2D eigenvalue weighted by Crippen LogP contribution is 2.25. The second kappa shape index (κ2) is 8.90. The first-order valence-electron chi connectivity index (χ1n) is 7.20. The summed E-state index contributed by atoms with van der Waals surface area (Å²) < 4.78 is 5.57. The average Bonchev–Trinajstić information content (AvgIpc) is 2.42. The van der Waals surface area contributed by atoms with Crippen LogP contribution >= 0.6 is 11.6 Å². The van der Waals surface area contributed by atoms with E-state index in [1.165, 1.54) is 0 Å². The summed E-state index contributed by atoms with van der Waals surface area (Å²) in [6.07, 6.45) is 1.87. The molecule has 0 unspecified atom stereocenters. The Morgan fingerprint density at radius 1 is 1.24 bits per heavy atom. The van der Waals surface area contributed by atoms with Crippen molar-refractivity contribution >= 4 is 17.6 Å². The number of carbonyl (C=O) groups is 1. The lowest BCUT2D eigenvalue weighted by Crippen LogP contribution is -2.26. The fraction of sp³-hybridized carbons (Fsp3) is 0.562. The summed E-state index contributed by atoms with van der Waals surface area (Å²) in [6.45, 7) is 6.41. The zero-order valence-electron chi connectivity index (χ0n) is 12.7. The lowest BCUT2D eigenvalue weighted by molar-refractivity contribution is -0.137. The number of halogens is 1. The highest BCUT2D eigenvalue weighted by Gasteiger charge is 2.18. The third kappa shape index (κ3) is 8.58. The maximum absolute atomic E-state index is 10.6. The van der Waals surface area contributed by atoms with E-state index in [2.05, 4.69) is 19.2 Å². The highest BCUT2D eigenvalue weighted by atomic mass is 35.5. The van der Waals surface area contributed by atoms with Crippen LogP contribution in [0.25, 0.3) is 0 Å². The summed E-state index contributed by atoms with van der Waals surface area (Å²) in [6, 6.07) is 7.29. The lowest BCUT2D eigenvalue weighted by atomic mass is 9.84. The summed E-state index contributed by atoms with van der Waals surface area (Å²) >= 11 is 5.80. The molecule has 0 aliphatic rings. The number of benzene rings is 1. The van der Waals surface area contributed by atoms with Gasteiger partial charge in [-0.05, 0) is 49.1 Å². The molecule has 0 aliphatic carbocycles. The molecule has 1 aromatic carbocycles. The number of hydrogen-bond donors (Lipinski definition) is 2. The minimum absolute atomic E-state index is 0.0441. The van der Waals surface area contributed by atoms with Crippen molar-refractivity contribution in [3.63, 3.8) is 0 Å². The van der Waals surface area contributed by atoms with Gasteiger partial charge in [0, 0.05) is 18.0 Å². The van der Waals surface area contributed by atoms with Crippen molar-refractivity contribution in [2.45, 2.75) is 33.1 Å². The van der Waals surface area contributed by atoms with Gasteiger partial charge in [0.15, 0.2) is 0 Å². The van der Waals surface area contributed by atoms with Gasteiger partial charge in [-0.2, -0.15) is 0 Å². The molecule has 0 radical (unpaired) electrons. The molecule has 118 valence electrons. The first-order valence-corrected chi connectivity index (χ1v) is 7.58. The second-order valence-electron chi connectivity index (χ2n) is 5.86. The van der Waals surface area contributed by atoms with E-state index >= 15 is 0 Å². The first kappa shape index (κ1) is 17.8. The number of rotatable bonds is 10. The van der Waals surface area contributed by atoms with Crippen LogP contribution in [0.2, 0.25) is 5.02 Å². The molecule has 0 saturated carbocycles. The Bertz CT molecular complexity index is 432. The summed E-state index contributed by atoms with van der Waals surface area (Å²) in [5.41, 5.74) is 0.0441. The van der Waals surface area contributed by atoms with E-state index < -0.39 is 5.97 Å². The zero-order valence-corrected chi connectivity index (χ0v) is 13.4. The van der Waals surface area contributed by atoms with Crippen molar-refractivity contribution < 1.29 is 14.6 Å². The molecule has 0 spiro atoms. The minimum Gasteiger partial charge on any atom is -0.492 e. The largest absolute Gasteiger partial charge is 0.492 e. The number of ether oxygens (including phenoxy) is 1. The molecular formula is C16H24ClNO3. The van der Waals surface area contributed by atoms with E-state index in [9.17, 15) is 4.79 Å². The molecule has 2 N–H and O–H groups in total. The Kier molecular flexibility index (Phi) is 7.54. The van der Waals surface area contributed by atoms with Gasteiger partial charge >= 0.3 is 5.97 Å². The van der Waals surface area contributed by atoms with E-state index in [0.29, 0.717) is 18.1 Å². The van der Waals surface area contributed by atoms with E-state index in [1.807, 2.05) is 12.1 Å². The summed E-state index contributed by atoms with van der Waals surface area (Å²) in [7, 11) is 0. The Morgan fingerprint density at radius 2 is 1.90 bits per heavy atom. The van der Waals surface area contributed by atoms with Crippen molar-refractivity contribution in [1.29, 1.82) is 0 Å². The summed E-state index contributed by atoms with van der Waals surface area (Å²) in [4.78, 5) is 10.6. The summed E-state index contributed by atoms with van der Waals surface area (Å²) in [5, 5.41) is 12.7. The molecule has 1 rings (SSSR count). The fourth-order valence-electron chi connectivity index (χ4n) is 1.89. The van der Waals surface area contributed by atoms with Crippen LogP contribution in [0.3, 0.4) is 0 Å². The third-order valence-electron chi connectivity index (χ3n) is 3.36. The smallest absolute Gasteiger partial charge is 0.303 e. The van der Waals surface area contributed by atoms with E-state index in [-0.39, 0.29) is 11.8 Å². The van der Waals surface area contributed by atoms with Crippen LogP contribution in [-0.2, 0) is 4.79 Å². The summed E-state index contributed by atoms with van der Waals surface area (Å²) in [5.74, 6) is 0.0791. The highest BCUT2D eigenvalue weighted by molar-refractivity contribution is 6.30. The molecule has 0 atom stereocenters. The maximum atomic E-state index is 10.6. The normalized spacial score (nSPS) is 11.4. The molecule has 4 nitrogen and oxygen atoms in total. The van der Waals surface area contributed by atoms with Crippen LogP contribution in [0.5, 0.6) is 5.75 Å². The fourth-order valence-corrected chi connectivity index (χ4v) is 2.02. The van der Waals surface area contributed by atoms with Crippen molar-refractivity contribution in [2.75, 3.05) is 19.7 Å². The topological polar surface area (TPSA) is 58.6 Å². The van der Waals surface area contributed by atoms with Gasteiger partial charge in [-0.3, -0.25) is 4.79 Å². The maximum Gasteiger partial charge on any atom is 0.303 e. The van der Waals surface area contributed by atoms with Gasteiger partial charge < -0.3 is 15.2 Å². The van der Waals surface area contributed by atoms with Gasteiger partial charge in [-0.15, -0.1) is 0 Å². The predicted octanol–water partition coefficient (Wildman–Crippen LogP) is 3.59. The van der Waals surface area contributed by atoms with Crippen LogP contribution in [-0.4, -0.2) is 30.8 Å². The van der Waals surface area contributed by atoms with Crippen molar-refractivity contribution in [3.05, 3.63) is 29.3 Å². The monoisotopic (exact) mass is 313 g/mol. The van der Waals surface area contributed by atoms with Gasteiger partial charge in [0.25, 0.3) is 0 Å². The standard InChI is InChI=1S/C16H24ClNO3/c1-16(2,8-7-15(19)20)9-10-18-11-12-21-14-5-3-13(17)4-6-14/h3-6,18H,7-12H2,1-2H3,(H,19,20). The van der Waals surface area contributed by atoms with Crippen LogP contribution < -0.4 is 10.1 Å². The Labute approximate surface area is 131 Å². The average molecular weight is 314 g/mol. The zero-order chi connectivity index (χ0) is 15.7.